The Hall–Kier alpha value is -3.11. The van der Waals surface area contributed by atoms with Crippen LogP contribution >= 0.6 is 0 Å². The number of imidazole rings is 1. The van der Waals surface area contributed by atoms with Crippen LogP contribution in [0.4, 0.5) is 5.82 Å². The molecule has 0 saturated carbocycles. The monoisotopic (exact) mass is 676 g/mol. The third kappa shape index (κ3) is 13.4. The lowest BCUT2D eigenvalue weighted by Gasteiger charge is -2.27. The van der Waals surface area contributed by atoms with Gasteiger partial charge in [-0.05, 0) is 25.8 Å². The summed E-state index contributed by atoms with van der Waals surface area (Å²) in [6, 6.07) is -0.971. The van der Waals surface area contributed by atoms with Crippen LogP contribution in [0.2, 0.25) is 0 Å². The number of fused-ring (bicyclic) bond motifs is 1. The second kappa shape index (κ2) is 21.8. The van der Waals surface area contributed by atoms with Gasteiger partial charge in [-0.1, -0.05) is 89.9 Å². The highest BCUT2D eigenvalue weighted by atomic mass is 16.6. The number of aliphatic hydroxyl groups excluding tert-OH is 2. The lowest BCUT2D eigenvalue weighted by molar-refractivity contribution is -0.138. The number of aliphatic hydroxyl groups is 2. The van der Waals surface area contributed by atoms with Crippen LogP contribution in [-0.2, 0) is 9.53 Å². The first-order chi connectivity index (χ1) is 23.2. The molecule has 1 saturated heterocycles. The predicted octanol–water partition coefficient (Wildman–Crippen LogP) is 2.65. The van der Waals surface area contributed by atoms with Gasteiger partial charge in [0.15, 0.2) is 23.7 Å². The number of anilines is 1. The van der Waals surface area contributed by atoms with Crippen LogP contribution in [0, 0.1) is 0 Å². The van der Waals surface area contributed by atoms with Gasteiger partial charge in [0.1, 0.15) is 36.2 Å². The third-order valence-corrected chi connectivity index (χ3v) is 9.19. The molecule has 0 aromatic carbocycles. The number of aliphatic imine (C=N–C) groups is 1. The third-order valence-electron chi connectivity index (χ3n) is 9.19. The number of carboxylic acids is 1. The quantitative estimate of drug-likeness (QED) is 0.0430. The first kappa shape index (κ1) is 39.3. The smallest absolute Gasteiger partial charge is 0.320 e. The summed E-state index contributed by atoms with van der Waals surface area (Å²) in [7, 11) is 0. The summed E-state index contributed by atoms with van der Waals surface area (Å²) >= 11 is 0. The second-order valence-corrected chi connectivity index (χ2v) is 13.1. The normalized spacial score (nSPS) is 20.1. The Morgan fingerprint density at radius 1 is 0.854 bits per heavy atom. The molecule has 272 valence electrons. The van der Waals surface area contributed by atoms with Gasteiger partial charge in [-0.3, -0.25) is 14.4 Å². The van der Waals surface area contributed by atoms with Crippen molar-refractivity contribution >= 4 is 28.9 Å². The Balaban J connectivity index is 1.29. The number of guanidine groups is 1. The van der Waals surface area contributed by atoms with Crippen molar-refractivity contribution in [2.75, 3.05) is 31.9 Å². The number of unbranched alkanes of at least 4 members (excludes halogenated alkanes) is 15. The molecule has 2 aromatic heterocycles. The van der Waals surface area contributed by atoms with Gasteiger partial charge < -0.3 is 47.9 Å². The van der Waals surface area contributed by atoms with Crippen molar-refractivity contribution in [2.45, 2.75) is 140 Å². The summed E-state index contributed by atoms with van der Waals surface area (Å²) in [6.07, 6.45) is 18.7. The Morgan fingerprint density at radius 3 is 1.98 bits per heavy atom. The molecule has 2 aromatic rings. The van der Waals surface area contributed by atoms with Crippen molar-refractivity contribution in [3.05, 3.63) is 12.7 Å². The van der Waals surface area contributed by atoms with Crippen molar-refractivity contribution in [3.8, 4) is 0 Å². The van der Waals surface area contributed by atoms with Gasteiger partial charge >= 0.3 is 5.97 Å². The average molecular weight is 677 g/mol. The molecule has 0 unspecified atom stereocenters. The van der Waals surface area contributed by atoms with Crippen molar-refractivity contribution in [2.24, 2.45) is 22.2 Å². The number of rotatable bonds is 26. The van der Waals surface area contributed by atoms with E-state index in [4.69, 9.17) is 27.7 Å². The Bertz CT molecular complexity index is 1230. The maximum absolute atomic E-state index is 11.3. The molecule has 3 heterocycles. The zero-order valence-corrected chi connectivity index (χ0v) is 28.5. The van der Waals surface area contributed by atoms with E-state index in [1.807, 2.05) is 0 Å². The van der Waals surface area contributed by atoms with Crippen molar-refractivity contribution in [1.82, 2.24) is 24.4 Å². The van der Waals surface area contributed by atoms with Crippen molar-refractivity contribution in [3.63, 3.8) is 0 Å². The standard InChI is InChI=1S/C33H60N10O5/c34-24(32(46)47)17-20-42(21-25-27(44)28(45)31(48-25)43-23-41-26-29(35)39-22-40-30(26)43)19-16-14-12-10-8-6-4-2-1-3-5-7-9-11-13-15-18-38-33(36)37/h22-25,27-28,31,44-45H,1-21,34H2,(H,46,47)(H2,35,39,40)(H4,36,37,38)/t24-,25+,27+,28+,31+/m0/s1. The van der Waals surface area contributed by atoms with Gasteiger partial charge in [0.05, 0.1) is 6.33 Å². The maximum Gasteiger partial charge on any atom is 0.320 e. The van der Waals surface area contributed by atoms with Crippen LogP contribution in [0.25, 0.3) is 11.2 Å². The molecule has 1 aliphatic rings. The number of carbonyl (C=O) groups is 1. The summed E-state index contributed by atoms with van der Waals surface area (Å²) in [5.41, 5.74) is 23.2. The molecule has 11 N–H and O–H groups in total. The van der Waals surface area contributed by atoms with Crippen LogP contribution in [-0.4, -0.2) is 102 Å². The number of carboxylic acid groups (broad SMARTS) is 1. The van der Waals surface area contributed by atoms with Crippen LogP contribution in [0.1, 0.15) is 115 Å². The largest absolute Gasteiger partial charge is 0.480 e. The topological polar surface area (TPSA) is 250 Å². The van der Waals surface area contributed by atoms with E-state index in [1.165, 1.54) is 89.7 Å². The first-order valence-electron chi connectivity index (χ1n) is 17.9. The average Bonchev–Trinajstić information content (AvgIpc) is 3.61. The van der Waals surface area contributed by atoms with E-state index < -0.39 is 36.6 Å². The molecule has 5 atom stereocenters. The van der Waals surface area contributed by atoms with Crippen LogP contribution in [0.3, 0.4) is 0 Å². The number of hydrogen-bond donors (Lipinski definition) is 7. The number of nitrogen functional groups attached to an aromatic ring is 1. The highest BCUT2D eigenvalue weighted by Gasteiger charge is 2.44. The molecule has 15 nitrogen and oxygen atoms in total. The zero-order chi connectivity index (χ0) is 34.7. The van der Waals surface area contributed by atoms with Gasteiger partial charge in [0, 0.05) is 19.6 Å². The number of nitrogens with zero attached hydrogens (tertiary/aromatic N) is 6. The molecule has 1 aliphatic heterocycles. The Labute approximate surface area is 284 Å². The minimum atomic E-state index is -1.21. The van der Waals surface area contributed by atoms with Crippen LogP contribution < -0.4 is 22.9 Å². The minimum Gasteiger partial charge on any atom is -0.480 e. The molecule has 15 heteroatoms. The fourth-order valence-electron chi connectivity index (χ4n) is 6.29. The Morgan fingerprint density at radius 2 is 1.42 bits per heavy atom. The molecule has 0 radical (unpaired) electrons. The van der Waals surface area contributed by atoms with E-state index in [1.54, 1.807) is 4.57 Å². The number of hydrogen-bond acceptors (Lipinski definition) is 11. The first-order valence-corrected chi connectivity index (χ1v) is 17.9. The van der Waals surface area contributed by atoms with Gasteiger partial charge in [-0.15, -0.1) is 0 Å². The highest BCUT2D eigenvalue weighted by Crippen LogP contribution is 2.32. The second-order valence-electron chi connectivity index (χ2n) is 13.1. The summed E-state index contributed by atoms with van der Waals surface area (Å²) < 4.78 is 7.68. The lowest BCUT2D eigenvalue weighted by atomic mass is 10.0. The Kier molecular flexibility index (Phi) is 17.8. The SMILES string of the molecule is NC(N)=NCCCCCCCCCCCCCCCCCCN(CC[C@H](N)C(=O)O)C[C@H]1O[C@@H](n2cnc3c(N)ncnc32)[C@H](O)[C@@H]1O. The number of nitrogens with two attached hydrogens (primary N) is 4. The summed E-state index contributed by atoms with van der Waals surface area (Å²) in [4.78, 5) is 29.8. The lowest BCUT2D eigenvalue weighted by Crippen LogP contribution is -2.42. The molecular weight excluding hydrogens is 616 g/mol. The molecular formula is C33H60N10O5. The van der Waals surface area contributed by atoms with E-state index in [-0.39, 0.29) is 18.2 Å². The van der Waals surface area contributed by atoms with Gasteiger partial charge in [0.25, 0.3) is 0 Å². The predicted molar refractivity (Wildman–Crippen MR) is 187 cm³/mol. The van der Waals surface area contributed by atoms with Crippen molar-refractivity contribution in [1.29, 1.82) is 0 Å². The van der Waals surface area contributed by atoms with E-state index >= 15 is 0 Å². The van der Waals surface area contributed by atoms with Gasteiger partial charge in [-0.2, -0.15) is 0 Å². The fourth-order valence-corrected chi connectivity index (χ4v) is 6.29. The molecule has 1 fully saturated rings. The molecule has 0 bridgehead atoms. The molecule has 0 amide bonds. The molecule has 48 heavy (non-hydrogen) atoms. The summed E-state index contributed by atoms with van der Waals surface area (Å²) in [5.74, 6) is -0.644. The fraction of sp³-hybridized carbons (Fsp3) is 0.788. The molecule has 3 rings (SSSR count). The minimum absolute atomic E-state index is 0.184. The van der Waals surface area contributed by atoms with E-state index in [0.29, 0.717) is 24.3 Å². The van der Waals surface area contributed by atoms with Crippen LogP contribution in [0.5, 0.6) is 0 Å². The van der Waals surface area contributed by atoms with Gasteiger partial charge in [-0.25, -0.2) is 15.0 Å². The van der Waals surface area contributed by atoms with Crippen LogP contribution in [0.15, 0.2) is 17.6 Å². The van der Waals surface area contributed by atoms with Gasteiger partial charge in [0.2, 0.25) is 0 Å². The molecule has 0 aliphatic carbocycles. The highest BCUT2D eigenvalue weighted by molar-refractivity contribution is 5.81. The van der Waals surface area contributed by atoms with E-state index in [0.717, 1.165) is 38.8 Å². The maximum atomic E-state index is 11.3. The summed E-state index contributed by atoms with van der Waals surface area (Å²) in [6.45, 7) is 2.23. The van der Waals surface area contributed by atoms with E-state index in [9.17, 15) is 20.1 Å². The summed E-state index contributed by atoms with van der Waals surface area (Å²) in [5, 5.41) is 31.0. The van der Waals surface area contributed by atoms with E-state index in [2.05, 4.69) is 24.8 Å². The number of aromatic nitrogens is 4. The number of aliphatic carboxylic acids is 1. The molecule has 0 spiro atoms. The van der Waals surface area contributed by atoms with Crippen molar-refractivity contribution < 1.29 is 24.9 Å². The zero-order valence-electron chi connectivity index (χ0n) is 28.5. The number of ether oxygens (including phenoxy) is 1.